The van der Waals surface area contributed by atoms with Crippen molar-refractivity contribution in [1.82, 2.24) is 0 Å². The van der Waals surface area contributed by atoms with Gasteiger partial charge in [0.2, 0.25) is 0 Å². The molecule has 84 valence electrons. The van der Waals surface area contributed by atoms with Gasteiger partial charge in [-0.25, -0.2) is 0 Å². The Kier molecular flexibility index (Phi) is 3.99. The van der Waals surface area contributed by atoms with Crippen LogP contribution in [0.3, 0.4) is 0 Å². The van der Waals surface area contributed by atoms with Gasteiger partial charge in [0.15, 0.2) is 0 Å². The number of rotatable bonds is 2. The van der Waals surface area contributed by atoms with Crippen molar-refractivity contribution < 1.29 is 4.74 Å². The molecule has 0 fully saturated rings. The lowest BCUT2D eigenvalue weighted by atomic mass is 10.2. The number of benzene rings is 1. The molecule has 0 amide bonds. The first-order chi connectivity index (χ1) is 7.75. The Labute approximate surface area is 105 Å². The van der Waals surface area contributed by atoms with Crippen LogP contribution < -0.4 is 0 Å². The molecule has 1 aromatic carbocycles. The molecule has 4 heteroatoms. The van der Waals surface area contributed by atoms with Crippen molar-refractivity contribution in [2.24, 2.45) is 4.99 Å². The van der Waals surface area contributed by atoms with Crippen molar-refractivity contribution in [2.75, 3.05) is 13.2 Å². The minimum atomic E-state index is 0.519. The van der Waals surface area contributed by atoms with E-state index >= 15 is 0 Å². The summed E-state index contributed by atoms with van der Waals surface area (Å²) in [6, 6.07) is 5.31. The molecule has 16 heavy (non-hydrogen) atoms. The molecule has 1 aliphatic rings. The second kappa shape index (κ2) is 5.48. The average Bonchev–Trinajstić information content (AvgIpc) is 2.32. The molecule has 0 N–H and O–H groups in total. The van der Waals surface area contributed by atoms with Crippen LogP contribution in [0.25, 0.3) is 0 Å². The zero-order valence-electron chi connectivity index (χ0n) is 8.62. The Morgan fingerprint density at radius 1 is 1.25 bits per heavy atom. The maximum atomic E-state index is 5.89. The Morgan fingerprint density at radius 3 is 2.81 bits per heavy atom. The van der Waals surface area contributed by atoms with Gasteiger partial charge < -0.3 is 4.74 Å². The molecule has 0 aromatic heterocycles. The summed E-state index contributed by atoms with van der Waals surface area (Å²) in [6.45, 7) is 1.43. The zero-order valence-corrected chi connectivity index (χ0v) is 10.1. The van der Waals surface area contributed by atoms with Gasteiger partial charge in [-0.1, -0.05) is 29.3 Å². The number of hydrogen-bond acceptors (Lipinski definition) is 2. The smallest absolute Gasteiger partial charge is 0.0728 e. The highest BCUT2D eigenvalue weighted by molar-refractivity contribution is 6.42. The lowest BCUT2D eigenvalue weighted by Crippen LogP contribution is -2.06. The predicted molar refractivity (Wildman–Crippen MR) is 68.1 cm³/mol. The number of hydrogen-bond donors (Lipinski definition) is 0. The van der Waals surface area contributed by atoms with Crippen LogP contribution in [-0.2, 0) is 4.74 Å². The molecular formula is C12H11Cl2NO. The van der Waals surface area contributed by atoms with Gasteiger partial charge >= 0.3 is 0 Å². The molecule has 2 nitrogen and oxygen atoms in total. The van der Waals surface area contributed by atoms with E-state index < -0.39 is 0 Å². The molecule has 0 atom stereocenters. The summed E-state index contributed by atoms with van der Waals surface area (Å²) in [5.41, 5.74) is 1.89. The molecule has 0 saturated carbocycles. The topological polar surface area (TPSA) is 21.6 Å². The Bertz CT molecular complexity index is 441. The molecule has 2 rings (SSSR count). The third-order valence-electron chi connectivity index (χ3n) is 2.22. The van der Waals surface area contributed by atoms with Crippen LogP contribution in [0.1, 0.15) is 6.42 Å². The van der Waals surface area contributed by atoms with E-state index in [1.807, 2.05) is 6.07 Å². The van der Waals surface area contributed by atoms with Crippen molar-refractivity contribution in [3.8, 4) is 0 Å². The maximum Gasteiger partial charge on any atom is 0.0728 e. The lowest BCUT2D eigenvalue weighted by molar-refractivity contribution is 0.155. The standard InChI is InChI=1S/C12H11Cl2NO/c13-11-4-3-10(6-12(11)14)15-7-9-2-1-5-16-8-9/h2-4,6-7H,1,5,8H2. The predicted octanol–water partition coefficient (Wildman–Crippen LogP) is 4.04. The molecule has 0 saturated heterocycles. The van der Waals surface area contributed by atoms with Crippen molar-refractivity contribution >= 4 is 35.1 Å². The van der Waals surface area contributed by atoms with Crippen LogP contribution in [0.15, 0.2) is 34.8 Å². The number of halogens is 2. The molecule has 1 aliphatic heterocycles. The van der Waals surface area contributed by atoms with E-state index in [1.54, 1.807) is 18.3 Å². The zero-order chi connectivity index (χ0) is 11.4. The van der Waals surface area contributed by atoms with E-state index in [2.05, 4.69) is 11.1 Å². The summed E-state index contributed by atoms with van der Waals surface area (Å²) in [4.78, 5) is 4.32. The number of nitrogens with zero attached hydrogens (tertiary/aromatic N) is 1. The fraction of sp³-hybridized carbons (Fsp3) is 0.250. The number of ether oxygens (including phenoxy) is 1. The normalized spacial score (nSPS) is 16.5. The van der Waals surface area contributed by atoms with Gasteiger partial charge in [0.25, 0.3) is 0 Å². The maximum absolute atomic E-state index is 5.89. The van der Waals surface area contributed by atoms with Gasteiger partial charge in [-0.2, -0.15) is 0 Å². The van der Waals surface area contributed by atoms with Gasteiger partial charge in [-0.3, -0.25) is 4.99 Å². The van der Waals surface area contributed by atoms with Crippen LogP contribution in [0, 0.1) is 0 Å². The largest absolute Gasteiger partial charge is 0.376 e. The summed E-state index contributed by atoms with van der Waals surface area (Å²) in [6.07, 6.45) is 4.88. The first kappa shape index (κ1) is 11.6. The van der Waals surface area contributed by atoms with E-state index in [0.29, 0.717) is 16.7 Å². The van der Waals surface area contributed by atoms with Gasteiger partial charge in [-0.15, -0.1) is 0 Å². The SMILES string of the molecule is Clc1ccc(N=CC2=CCCOC2)cc1Cl. The average molecular weight is 256 g/mol. The van der Waals surface area contributed by atoms with E-state index in [9.17, 15) is 0 Å². The van der Waals surface area contributed by atoms with E-state index in [4.69, 9.17) is 27.9 Å². The lowest BCUT2D eigenvalue weighted by Gasteiger charge is -2.09. The first-order valence-electron chi connectivity index (χ1n) is 5.01. The summed E-state index contributed by atoms with van der Waals surface area (Å²) < 4.78 is 5.31. The van der Waals surface area contributed by atoms with E-state index in [-0.39, 0.29) is 0 Å². The Morgan fingerprint density at radius 2 is 2.12 bits per heavy atom. The van der Waals surface area contributed by atoms with Gasteiger partial charge in [-0.05, 0) is 30.2 Å². The Balaban J connectivity index is 2.10. The summed E-state index contributed by atoms with van der Waals surface area (Å²) >= 11 is 11.7. The molecule has 0 unspecified atom stereocenters. The quantitative estimate of drug-likeness (QED) is 0.731. The third kappa shape index (κ3) is 3.08. The van der Waals surface area contributed by atoms with Crippen molar-refractivity contribution in [3.05, 3.63) is 39.9 Å². The minimum absolute atomic E-state index is 0.519. The van der Waals surface area contributed by atoms with Crippen LogP contribution in [-0.4, -0.2) is 19.4 Å². The van der Waals surface area contributed by atoms with Gasteiger partial charge in [0.05, 0.1) is 28.9 Å². The molecule has 1 aromatic rings. The van der Waals surface area contributed by atoms with E-state index in [1.165, 1.54) is 0 Å². The van der Waals surface area contributed by atoms with Gasteiger partial charge in [0.1, 0.15) is 0 Å². The monoisotopic (exact) mass is 255 g/mol. The minimum Gasteiger partial charge on any atom is -0.376 e. The van der Waals surface area contributed by atoms with Crippen LogP contribution >= 0.6 is 23.2 Å². The van der Waals surface area contributed by atoms with Crippen molar-refractivity contribution in [1.29, 1.82) is 0 Å². The van der Waals surface area contributed by atoms with Gasteiger partial charge in [0, 0.05) is 6.21 Å². The highest BCUT2D eigenvalue weighted by Crippen LogP contribution is 2.26. The van der Waals surface area contributed by atoms with Crippen molar-refractivity contribution in [2.45, 2.75) is 6.42 Å². The summed E-state index contributed by atoms with van der Waals surface area (Å²) in [7, 11) is 0. The number of aliphatic imine (C=N–C) groups is 1. The second-order valence-electron chi connectivity index (χ2n) is 3.48. The summed E-state index contributed by atoms with van der Waals surface area (Å²) in [5, 5.41) is 1.06. The fourth-order valence-electron chi connectivity index (χ4n) is 1.39. The highest BCUT2D eigenvalue weighted by Gasteiger charge is 2.01. The molecule has 0 aliphatic carbocycles. The van der Waals surface area contributed by atoms with Crippen LogP contribution in [0.4, 0.5) is 5.69 Å². The molecule has 1 heterocycles. The molecular weight excluding hydrogens is 245 g/mol. The van der Waals surface area contributed by atoms with Crippen LogP contribution in [0.2, 0.25) is 10.0 Å². The molecule has 0 bridgehead atoms. The van der Waals surface area contributed by atoms with Crippen molar-refractivity contribution in [3.63, 3.8) is 0 Å². The van der Waals surface area contributed by atoms with E-state index in [0.717, 1.165) is 24.3 Å². The second-order valence-corrected chi connectivity index (χ2v) is 4.29. The highest BCUT2D eigenvalue weighted by atomic mass is 35.5. The first-order valence-corrected chi connectivity index (χ1v) is 5.77. The Hall–Kier alpha value is -0.830. The third-order valence-corrected chi connectivity index (χ3v) is 2.96. The summed E-state index contributed by atoms with van der Waals surface area (Å²) in [5.74, 6) is 0. The fourth-order valence-corrected chi connectivity index (χ4v) is 1.68. The van der Waals surface area contributed by atoms with Crippen LogP contribution in [0.5, 0.6) is 0 Å². The molecule has 0 radical (unpaired) electrons. The molecule has 0 spiro atoms.